The summed E-state index contributed by atoms with van der Waals surface area (Å²) in [4.78, 5) is 12.1. The predicted octanol–water partition coefficient (Wildman–Crippen LogP) is 1.68. The van der Waals surface area contributed by atoms with Crippen LogP contribution >= 0.6 is 11.6 Å². The van der Waals surface area contributed by atoms with E-state index in [-0.39, 0.29) is 0 Å². The molecule has 0 aliphatic heterocycles. The summed E-state index contributed by atoms with van der Waals surface area (Å²) in [5.74, 6) is 0.667. The topological polar surface area (TPSA) is 43.6 Å². The van der Waals surface area contributed by atoms with Crippen LogP contribution in [0.25, 0.3) is 11.2 Å². The van der Waals surface area contributed by atoms with E-state index in [0.29, 0.717) is 16.5 Å². The van der Waals surface area contributed by atoms with Gasteiger partial charge < -0.3 is 4.57 Å². The standard InChI is InChI=1S/C8H8ClN4/c1-3-13-5(2)12-6-7(9)10-4-11-8(6)13/h4H,2-3H2,1H3. The van der Waals surface area contributed by atoms with Gasteiger partial charge >= 0.3 is 0 Å². The molecule has 0 spiro atoms. The van der Waals surface area contributed by atoms with Gasteiger partial charge in [-0.2, -0.15) is 0 Å². The van der Waals surface area contributed by atoms with Gasteiger partial charge in [0.25, 0.3) is 0 Å². The average molecular weight is 196 g/mol. The minimum absolute atomic E-state index is 0.377. The fraction of sp³-hybridized carbons (Fsp3) is 0.250. The molecule has 0 aliphatic rings. The minimum atomic E-state index is 0.377. The normalized spacial score (nSPS) is 11.0. The zero-order valence-electron chi connectivity index (χ0n) is 7.16. The summed E-state index contributed by atoms with van der Waals surface area (Å²) in [5, 5.41) is 0.377. The van der Waals surface area contributed by atoms with Crippen LogP contribution in [0.1, 0.15) is 12.7 Å². The molecule has 0 bridgehead atoms. The van der Waals surface area contributed by atoms with Gasteiger partial charge in [-0.05, 0) is 6.92 Å². The fourth-order valence-electron chi connectivity index (χ4n) is 1.29. The van der Waals surface area contributed by atoms with Gasteiger partial charge in [0.15, 0.2) is 10.8 Å². The van der Waals surface area contributed by atoms with Gasteiger partial charge in [0.1, 0.15) is 17.7 Å². The van der Waals surface area contributed by atoms with Crippen molar-refractivity contribution in [3.05, 3.63) is 24.2 Å². The summed E-state index contributed by atoms with van der Waals surface area (Å²) in [6.45, 7) is 6.58. The van der Waals surface area contributed by atoms with E-state index < -0.39 is 0 Å². The van der Waals surface area contributed by atoms with Crippen molar-refractivity contribution in [1.29, 1.82) is 0 Å². The van der Waals surface area contributed by atoms with E-state index in [1.54, 1.807) is 0 Å². The van der Waals surface area contributed by atoms with Gasteiger partial charge in [0, 0.05) is 13.5 Å². The van der Waals surface area contributed by atoms with E-state index in [1.807, 2.05) is 11.5 Å². The third kappa shape index (κ3) is 1.18. The van der Waals surface area contributed by atoms with Crippen LogP contribution in [0, 0.1) is 6.92 Å². The van der Waals surface area contributed by atoms with Crippen molar-refractivity contribution in [3.63, 3.8) is 0 Å². The fourth-order valence-corrected chi connectivity index (χ4v) is 1.46. The maximum Gasteiger partial charge on any atom is 0.164 e. The number of nitrogens with zero attached hydrogens (tertiary/aromatic N) is 4. The van der Waals surface area contributed by atoms with Gasteiger partial charge in [0.05, 0.1) is 0 Å². The van der Waals surface area contributed by atoms with Crippen LogP contribution in [0.3, 0.4) is 0 Å². The second-order valence-corrected chi connectivity index (χ2v) is 2.97. The summed E-state index contributed by atoms with van der Waals surface area (Å²) in [5.41, 5.74) is 1.36. The zero-order valence-corrected chi connectivity index (χ0v) is 7.91. The van der Waals surface area contributed by atoms with Gasteiger partial charge in [0.2, 0.25) is 0 Å². The van der Waals surface area contributed by atoms with E-state index in [0.717, 1.165) is 12.2 Å². The van der Waals surface area contributed by atoms with Crippen LogP contribution < -0.4 is 0 Å². The largest absolute Gasteiger partial charge is 0.313 e. The van der Waals surface area contributed by atoms with Crippen LogP contribution in [0.15, 0.2) is 6.33 Å². The first-order chi connectivity index (χ1) is 6.24. The summed E-state index contributed by atoms with van der Waals surface area (Å²) in [6.07, 6.45) is 1.43. The molecule has 13 heavy (non-hydrogen) atoms. The number of hydrogen-bond acceptors (Lipinski definition) is 3. The second kappa shape index (κ2) is 2.96. The molecule has 2 aromatic rings. The molecule has 0 aliphatic carbocycles. The van der Waals surface area contributed by atoms with Crippen molar-refractivity contribution in [2.75, 3.05) is 0 Å². The molecule has 0 atom stereocenters. The Hall–Kier alpha value is -1.16. The lowest BCUT2D eigenvalue weighted by Gasteiger charge is -1.99. The third-order valence-corrected chi connectivity index (χ3v) is 2.16. The summed E-state index contributed by atoms with van der Waals surface area (Å²) in [6, 6.07) is 0. The molecule has 0 N–H and O–H groups in total. The van der Waals surface area contributed by atoms with Crippen molar-refractivity contribution in [1.82, 2.24) is 19.5 Å². The van der Waals surface area contributed by atoms with E-state index in [4.69, 9.17) is 11.6 Å². The number of rotatable bonds is 1. The Morgan fingerprint density at radius 3 is 3.00 bits per heavy atom. The summed E-state index contributed by atoms with van der Waals surface area (Å²) in [7, 11) is 0. The predicted molar refractivity (Wildman–Crippen MR) is 50.5 cm³/mol. The Kier molecular flexibility index (Phi) is 1.92. The van der Waals surface area contributed by atoms with Gasteiger partial charge in [-0.15, -0.1) is 0 Å². The number of fused-ring (bicyclic) bond motifs is 1. The van der Waals surface area contributed by atoms with Gasteiger partial charge in [-0.3, -0.25) is 0 Å². The van der Waals surface area contributed by atoms with Crippen molar-refractivity contribution < 1.29 is 0 Å². The molecule has 0 aromatic carbocycles. The van der Waals surface area contributed by atoms with Gasteiger partial charge in [-0.25, -0.2) is 15.0 Å². The highest BCUT2D eigenvalue weighted by Crippen LogP contribution is 2.18. The number of imidazole rings is 1. The number of hydrogen-bond donors (Lipinski definition) is 0. The monoisotopic (exact) mass is 195 g/mol. The first-order valence-corrected chi connectivity index (χ1v) is 4.30. The summed E-state index contributed by atoms with van der Waals surface area (Å²) >= 11 is 5.84. The Balaban J connectivity index is 2.86. The van der Waals surface area contributed by atoms with Crippen LogP contribution in [0.4, 0.5) is 0 Å². The molecule has 4 nitrogen and oxygen atoms in total. The molecule has 2 rings (SSSR count). The number of halogens is 1. The smallest absolute Gasteiger partial charge is 0.164 e. The lowest BCUT2D eigenvalue weighted by Crippen LogP contribution is -1.97. The van der Waals surface area contributed by atoms with E-state index in [9.17, 15) is 0 Å². The second-order valence-electron chi connectivity index (χ2n) is 2.61. The Morgan fingerprint density at radius 1 is 1.54 bits per heavy atom. The maximum atomic E-state index is 5.84. The Labute approximate surface area is 80.6 Å². The number of aromatic nitrogens is 4. The Morgan fingerprint density at radius 2 is 2.31 bits per heavy atom. The van der Waals surface area contributed by atoms with Crippen molar-refractivity contribution in [2.45, 2.75) is 13.5 Å². The quantitative estimate of drug-likeness (QED) is 0.651. The Bertz CT molecular complexity index is 449. The first kappa shape index (κ1) is 8.44. The summed E-state index contributed by atoms with van der Waals surface area (Å²) < 4.78 is 1.89. The molecular weight excluding hydrogens is 188 g/mol. The third-order valence-electron chi connectivity index (χ3n) is 1.88. The molecule has 5 heteroatoms. The molecule has 0 amide bonds. The molecule has 1 radical (unpaired) electrons. The highest BCUT2D eigenvalue weighted by atomic mass is 35.5. The molecule has 0 unspecified atom stereocenters. The van der Waals surface area contributed by atoms with E-state index >= 15 is 0 Å². The first-order valence-electron chi connectivity index (χ1n) is 3.92. The van der Waals surface area contributed by atoms with Gasteiger partial charge in [-0.1, -0.05) is 11.6 Å². The van der Waals surface area contributed by atoms with Crippen molar-refractivity contribution in [2.24, 2.45) is 0 Å². The van der Waals surface area contributed by atoms with Crippen molar-refractivity contribution >= 4 is 22.8 Å². The van der Waals surface area contributed by atoms with E-state index in [2.05, 4.69) is 21.9 Å². The van der Waals surface area contributed by atoms with Crippen LogP contribution in [-0.2, 0) is 6.54 Å². The van der Waals surface area contributed by atoms with Crippen LogP contribution in [0.2, 0.25) is 5.15 Å². The lowest BCUT2D eigenvalue weighted by atomic mass is 10.5. The molecule has 67 valence electrons. The van der Waals surface area contributed by atoms with Crippen LogP contribution in [-0.4, -0.2) is 19.5 Å². The number of aryl methyl sites for hydroxylation is 1. The maximum absolute atomic E-state index is 5.84. The lowest BCUT2D eigenvalue weighted by molar-refractivity contribution is 0.760. The molecule has 0 fully saturated rings. The van der Waals surface area contributed by atoms with E-state index in [1.165, 1.54) is 6.33 Å². The zero-order chi connectivity index (χ0) is 9.42. The molecule has 0 saturated heterocycles. The molecule has 2 aromatic heterocycles. The average Bonchev–Trinajstić information content (AvgIpc) is 2.43. The van der Waals surface area contributed by atoms with Crippen LogP contribution in [0.5, 0.6) is 0 Å². The SMILES string of the molecule is [CH2]c1nc2c(Cl)ncnc2n1CC. The molecule has 2 heterocycles. The highest BCUT2D eigenvalue weighted by molar-refractivity contribution is 6.33. The highest BCUT2D eigenvalue weighted by Gasteiger charge is 2.10. The molecule has 0 saturated carbocycles. The minimum Gasteiger partial charge on any atom is -0.313 e. The van der Waals surface area contributed by atoms with Crippen molar-refractivity contribution in [3.8, 4) is 0 Å². The molecular formula is C8H8ClN4.